The number of hydrogen-bond donors (Lipinski definition) is 0. The molecule has 1 atom stereocenters. The number of hydrogen-bond acceptors (Lipinski definition) is 0. The topological polar surface area (TPSA) is 0 Å². The van der Waals surface area contributed by atoms with Crippen LogP contribution < -0.4 is 0 Å². The van der Waals surface area contributed by atoms with Gasteiger partial charge in [0.05, 0.1) is 0 Å². The van der Waals surface area contributed by atoms with Crippen molar-refractivity contribution in [1.82, 2.24) is 0 Å². The normalized spacial score (nSPS) is 27.8. The Balaban J connectivity index is 0.00000144. The van der Waals surface area contributed by atoms with Gasteiger partial charge in [0.1, 0.15) is 0 Å². The van der Waals surface area contributed by atoms with Crippen LogP contribution in [0.15, 0.2) is 22.8 Å². The fourth-order valence-corrected chi connectivity index (χ4v) is 3.63. The van der Waals surface area contributed by atoms with Crippen LogP contribution in [-0.2, 0) is 21.7 Å². The van der Waals surface area contributed by atoms with Gasteiger partial charge in [-0.3, -0.25) is 0 Å². The maximum absolute atomic E-state index is 2.48. The molecule has 0 radical (unpaired) electrons. The first-order valence-electron chi connectivity index (χ1n) is 4.77. The Kier molecular flexibility index (Phi) is 4.42. The van der Waals surface area contributed by atoms with E-state index >= 15 is 0 Å². The van der Waals surface area contributed by atoms with E-state index in [0.717, 1.165) is 0 Å². The number of allylic oxidation sites excluding steroid dienone is 4. The van der Waals surface area contributed by atoms with E-state index in [1.165, 1.54) is 11.1 Å². The summed E-state index contributed by atoms with van der Waals surface area (Å²) in [5.74, 6) is 0. The van der Waals surface area contributed by atoms with Crippen LogP contribution in [0.3, 0.4) is 0 Å². The molecule has 0 fully saturated rings. The zero-order valence-corrected chi connectivity index (χ0v) is 12.4. The third-order valence-corrected chi connectivity index (χ3v) is 6.68. The Labute approximate surface area is 99.0 Å². The van der Waals surface area contributed by atoms with Gasteiger partial charge in [0.15, 0.2) is 0 Å². The zero-order valence-electron chi connectivity index (χ0n) is 9.65. The molecule has 0 saturated heterocycles. The van der Waals surface area contributed by atoms with Gasteiger partial charge in [-0.25, -0.2) is 0 Å². The molecule has 0 bridgehead atoms. The minimum atomic E-state index is -0.607. The zero-order chi connectivity index (χ0) is 9.52. The third kappa shape index (κ3) is 2.08. The SMILES string of the molecule is CC1=CC(C)([SiH](C)C)C(C)=C1C.[Ti]. The standard InChI is InChI=1S/C11H20Si.Ti/c1-8-7-11(4,12(5)6)10(3)9(8)2;/h7,12H,1-6H3;. The van der Waals surface area contributed by atoms with Crippen molar-refractivity contribution in [2.45, 2.75) is 45.8 Å². The minimum Gasteiger partial charge on any atom is -0.0745 e. The second-order valence-electron chi connectivity index (χ2n) is 4.51. The van der Waals surface area contributed by atoms with Gasteiger partial charge in [0.2, 0.25) is 0 Å². The smallest absolute Gasteiger partial charge is 0.0467 e. The summed E-state index contributed by atoms with van der Waals surface area (Å²) < 4.78 is 0. The Bertz CT molecular complexity index is 263. The van der Waals surface area contributed by atoms with Gasteiger partial charge in [-0.2, -0.15) is 0 Å². The van der Waals surface area contributed by atoms with Crippen molar-refractivity contribution >= 4 is 8.80 Å². The predicted octanol–water partition coefficient (Wildman–Crippen LogP) is 3.53. The Morgan fingerprint density at radius 3 is 1.77 bits per heavy atom. The van der Waals surface area contributed by atoms with Crippen molar-refractivity contribution < 1.29 is 21.7 Å². The van der Waals surface area contributed by atoms with Crippen LogP contribution in [0, 0.1) is 0 Å². The van der Waals surface area contributed by atoms with Crippen molar-refractivity contribution in [2.75, 3.05) is 0 Å². The van der Waals surface area contributed by atoms with E-state index in [-0.39, 0.29) is 21.7 Å². The van der Waals surface area contributed by atoms with Crippen LogP contribution in [0.5, 0.6) is 0 Å². The molecular weight excluding hydrogens is 208 g/mol. The molecule has 1 aliphatic carbocycles. The molecule has 0 aliphatic heterocycles. The molecule has 72 valence electrons. The van der Waals surface area contributed by atoms with Crippen molar-refractivity contribution in [1.29, 1.82) is 0 Å². The van der Waals surface area contributed by atoms with Gasteiger partial charge in [0, 0.05) is 30.5 Å². The Hall–Kier alpha value is 0.411. The van der Waals surface area contributed by atoms with Gasteiger partial charge >= 0.3 is 0 Å². The number of rotatable bonds is 1. The molecule has 13 heavy (non-hydrogen) atoms. The molecule has 0 aromatic rings. The van der Waals surface area contributed by atoms with E-state index in [0.29, 0.717) is 5.04 Å². The van der Waals surface area contributed by atoms with E-state index in [2.05, 4.69) is 46.9 Å². The molecule has 0 amide bonds. The van der Waals surface area contributed by atoms with E-state index in [1.807, 2.05) is 0 Å². The van der Waals surface area contributed by atoms with Gasteiger partial charge in [-0.05, 0) is 31.4 Å². The van der Waals surface area contributed by atoms with Gasteiger partial charge < -0.3 is 0 Å². The van der Waals surface area contributed by atoms with Crippen LogP contribution in [0.1, 0.15) is 27.7 Å². The van der Waals surface area contributed by atoms with Crippen molar-refractivity contribution in [3.8, 4) is 0 Å². The summed E-state index contributed by atoms with van der Waals surface area (Å²) in [6, 6.07) is 0. The summed E-state index contributed by atoms with van der Waals surface area (Å²) in [4.78, 5) is 0. The molecule has 1 unspecified atom stereocenters. The molecule has 0 aromatic heterocycles. The van der Waals surface area contributed by atoms with E-state index in [4.69, 9.17) is 0 Å². The third-order valence-electron chi connectivity index (χ3n) is 3.68. The second-order valence-corrected chi connectivity index (χ2v) is 8.02. The molecule has 0 spiro atoms. The molecule has 0 nitrogen and oxygen atoms in total. The summed E-state index contributed by atoms with van der Waals surface area (Å²) in [5.41, 5.74) is 4.64. The molecule has 0 N–H and O–H groups in total. The van der Waals surface area contributed by atoms with E-state index in [1.54, 1.807) is 5.57 Å². The first kappa shape index (κ1) is 13.4. The average molecular weight is 228 g/mol. The molecule has 0 saturated carbocycles. The van der Waals surface area contributed by atoms with Gasteiger partial charge in [-0.15, -0.1) is 0 Å². The van der Waals surface area contributed by atoms with E-state index in [9.17, 15) is 0 Å². The van der Waals surface area contributed by atoms with E-state index < -0.39 is 8.80 Å². The second kappa shape index (κ2) is 4.29. The Morgan fingerprint density at radius 1 is 1.15 bits per heavy atom. The van der Waals surface area contributed by atoms with Crippen molar-refractivity contribution in [3.05, 3.63) is 22.8 Å². The summed E-state index contributed by atoms with van der Waals surface area (Å²) in [7, 11) is -0.607. The predicted molar refractivity (Wildman–Crippen MR) is 59.4 cm³/mol. The van der Waals surface area contributed by atoms with Crippen LogP contribution >= 0.6 is 0 Å². The maximum atomic E-state index is 2.48. The molecule has 0 aromatic carbocycles. The van der Waals surface area contributed by atoms with Crippen LogP contribution in [0.25, 0.3) is 0 Å². The summed E-state index contributed by atoms with van der Waals surface area (Å²) in [6.07, 6.45) is 2.48. The summed E-state index contributed by atoms with van der Waals surface area (Å²) in [6.45, 7) is 14.1. The average Bonchev–Trinajstić information content (AvgIpc) is 2.17. The molecule has 2 heteroatoms. The van der Waals surface area contributed by atoms with Crippen molar-refractivity contribution in [2.24, 2.45) is 0 Å². The Morgan fingerprint density at radius 2 is 1.62 bits per heavy atom. The minimum absolute atomic E-state index is 0. The van der Waals surface area contributed by atoms with Gasteiger partial charge in [-0.1, -0.05) is 37.2 Å². The summed E-state index contributed by atoms with van der Waals surface area (Å²) >= 11 is 0. The van der Waals surface area contributed by atoms with Crippen LogP contribution in [0.4, 0.5) is 0 Å². The molecule has 1 rings (SSSR count). The molecule has 0 heterocycles. The largest absolute Gasteiger partial charge is 0.0745 e. The fourth-order valence-electron chi connectivity index (χ4n) is 1.97. The molecular formula is C11H20SiTi. The quantitative estimate of drug-likeness (QED) is 0.602. The van der Waals surface area contributed by atoms with Gasteiger partial charge in [0.25, 0.3) is 0 Å². The van der Waals surface area contributed by atoms with Crippen molar-refractivity contribution in [3.63, 3.8) is 0 Å². The first-order chi connectivity index (χ1) is 5.39. The first-order valence-corrected chi connectivity index (χ1v) is 7.66. The van der Waals surface area contributed by atoms with Crippen LogP contribution in [-0.4, -0.2) is 8.80 Å². The van der Waals surface area contributed by atoms with Crippen LogP contribution in [0.2, 0.25) is 18.1 Å². The maximum Gasteiger partial charge on any atom is 0.0467 e. The fraction of sp³-hybridized carbons (Fsp3) is 0.636. The molecule has 1 aliphatic rings. The summed E-state index contributed by atoms with van der Waals surface area (Å²) in [5, 5.41) is 0.453. The monoisotopic (exact) mass is 228 g/mol.